The van der Waals surface area contributed by atoms with Crippen molar-refractivity contribution in [1.29, 1.82) is 0 Å². The van der Waals surface area contributed by atoms with Gasteiger partial charge >= 0.3 is 16.3 Å². The maximum atomic E-state index is 12.9. The van der Waals surface area contributed by atoms with Crippen LogP contribution in [0, 0.1) is 0 Å². The highest BCUT2D eigenvalue weighted by molar-refractivity contribution is 8.45. The lowest BCUT2D eigenvalue weighted by atomic mass is 9.93. The smallest absolute Gasteiger partial charge is 0.408 e. The van der Waals surface area contributed by atoms with Crippen LogP contribution in [0.5, 0.6) is 0 Å². The van der Waals surface area contributed by atoms with Crippen LogP contribution in [0.2, 0.25) is 0 Å². The molecule has 1 fully saturated rings. The Balaban J connectivity index is 1.40. The highest BCUT2D eigenvalue weighted by atomic mass is 32.5. The van der Waals surface area contributed by atoms with Gasteiger partial charge in [0, 0.05) is 6.42 Å². The Kier molecular flexibility index (Phi) is 5.21. The topological polar surface area (TPSA) is 76.2 Å². The summed E-state index contributed by atoms with van der Waals surface area (Å²) in [4.78, 5) is 17.4. The molecule has 2 aromatic carbocycles. The maximum Gasteiger partial charge on any atom is 0.408 e. The number of carbonyl (C=O) groups is 1. The second-order valence-electron chi connectivity index (χ2n) is 7.87. The lowest BCUT2D eigenvalue weighted by Gasteiger charge is -2.41. The number of H-pyrrole nitrogens is 1. The van der Waals surface area contributed by atoms with Crippen molar-refractivity contribution < 1.29 is 33.7 Å². The summed E-state index contributed by atoms with van der Waals surface area (Å²) in [6, 6.07) is 11.8. The zero-order valence-corrected chi connectivity index (χ0v) is 17.9. The molecule has 6 nitrogen and oxygen atoms in total. The van der Waals surface area contributed by atoms with Crippen LogP contribution in [0.15, 0.2) is 65.7 Å². The molecular formula is C21H20F5N3O3S. The lowest BCUT2D eigenvalue weighted by Crippen LogP contribution is -2.63. The zero-order valence-electron chi connectivity index (χ0n) is 17.1. The van der Waals surface area contributed by atoms with E-state index < -0.39 is 26.8 Å². The van der Waals surface area contributed by atoms with Crippen molar-refractivity contribution in [2.24, 2.45) is 0 Å². The summed E-state index contributed by atoms with van der Waals surface area (Å²) in [5.74, 6) is 0.438. The number of rotatable bonds is 7. The van der Waals surface area contributed by atoms with E-state index in [-0.39, 0.29) is 31.8 Å². The lowest BCUT2D eigenvalue weighted by molar-refractivity contribution is -0.0725. The Labute approximate surface area is 185 Å². The van der Waals surface area contributed by atoms with E-state index in [0.717, 1.165) is 17.7 Å². The molecule has 178 valence electrons. The summed E-state index contributed by atoms with van der Waals surface area (Å²) in [6.45, 7) is 0.549. The number of hydrogen-bond acceptors (Lipinski definition) is 4. The van der Waals surface area contributed by atoms with E-state index in [2.05, 4.69) is 15.3 Å². The Hall–Kier alpha value is -3.12. The number of amides is 1. The molecule has 0 radical (unpaired) electrons. The number of aromatic amines is 1. The number of nitrogens with one attached hydrogen (secondary N) is 2. The largest absolute Gasteiger partial charge is 0.445 e. The van der Waals surface area contributed by atoms with Crippen molar-refractivity contribution in [3.05, 3.63) is 72.2 Å². The van der Waals surface area contributed by atoms with E-state index in [1.165, 1.54) is 6.20 Å². The van der Waals surface area contributed by atoms with Crippen molar-refractivity contribution in [2.75, 3.05) is 13.2 Å². The van der Waals surface area contributed by atoms with Crippen LogP contribution in [0.25, 0.3) is 11.3 Å². The van der Waals surface area contributed by atoms with Crippen LogP contribution in [-0.2, 0) is 22.5 Å². The summed E-state index contributed by atoms with van der Waals surface area (Å²) >= 11 is 0. The average molecular weight is 489 g/mol. The Morgan fingerprint density at radius 1 is 1.06 bits per heavy atom. The predicted molar refractivity (Wildman–Crippen MR) is 112 cm³/mol. The van der Waals surface area contributed by atoms with E-state index >= 15 is 0 Å². The highest BCUT2D eigenvalue weighted by Crippen LogP contribution is 3.02. The van der Waals surface area contributed by atoms with E-state index in [9.17, 15) is 24.2 Å². The standard InChI is InChI=1S/C21H20F5N3O3S/c22-33(23,24,25,26)17-8-6-16(7-9-17)18-11-27-19(28-18)10-21(13-31-14-21)29-20(30)32-12-15-4-2-1-3-5-15/h1-9,11H,10,12-14H2,(H,27,28)(H,29,30). The Bertz CT molecular complexity index is 1150. The number of hydrogen-bond donors (Lipinski definition) is 2. The fourth-order valence-electron chi connectivity index (χ4n) is 3.35. The molecule has 0 saturated carbocycles. The van der Waals surface area contributed by atoms with E-state index in [1.807, 2.05) is 30.3 Å². The fraction of sp³-hybridized carbons (Fsp3) is 0.238. The summed E-state index contributed by atoms with van der Waals surface area (Å²) < 4.78 is 75.0. The summed E-state index contributed by atoms with van der Waals surface area (Å²) in [7, 11) is -9.73. The predicted octanol–water partition coefficient (Wildman–Crippen LogP) is 5.97. The Morgan fingerprint density at radius 3 is 2.30 bits per heavy atom. The van der Waals surface area contributed by atoms with E-state index in [0.29, 0.717) is 23.7 Å². The van der Waals surface area contributed by atoms with E-state index in [4.69, 9.17) is 9.47 Å². The number of aromatic nitrogens is 2. The molecule has 0 spiro atoms. The van der Waals surface area contributed by atoms with Crippen molar-refractivity contribution in [3.63, 3.8) is 0 Å². The monoisotopic (exact) mass is 489 g/mol. The van der Waals surface area contributed by atoms with Crippen LogP contribution < -0.4 is 5.32 Å². The second-order valence-corrected chi connectivity index (χ2v) is 10.3. The molecule has 0 aliphatic carbocycles. The zero-order chi connectivity index (χ0) is 23.8. The third kappa shape index (κ3) is 5.63. The van der Waals surface area contributed by atoms with Crippen LogP contribution in [-0.4, -0.2) is 34.8 Å². The van der Waals surface area contributed by atoms with E-state index in [1.54, 1.807) is 0 Å². The quantitative estimate of drug-likeness (QED) is 0.401. The average Bonchev–Trinajstić information content (AvgIpc) is 3.18. The highest BCUT2D eigenvalue weighted by Gasteiger charge is 2.65. The van der Waals surface area contributed by atoms with Crippen molar-refractivity contribution in [1.82, 2.24) is 15.3 Å². The summed E-state index contributed by atoms with van der Waals surface area (Å²) in [5.41, 5.74) is 0.683. The van der Waals surface area contributed by atoms with Gasteiger partial charge < -0.3 is 19.8 Å². The number of benzene rings is 2. The van der Waals surface area contributed by atoms with Gasteiger partial charge in [0.1, 0.15) is 17.3 Å². The number of carbonyl (C=O) groups excluding carboxylic acids is 1. The number of nitrogens with zero attached hydrogens (tertiary/aromatic N) is 1. The number of halogens is 5. The molecule has 1 amide bonds. The van der Waals surface area contributed by atoms with Gasteiger partial charge in [0.05, 0.1) is 30.6 Å². The van der Waals surface area contributed by atoms with Crippen molar-refractivity contribution in [3.8, 4) is 11.3 Å². The minimum absolute atomic E-state index is 0.101. The van der Waals surface area contributed by atoms with Gasteiger partial charge in [-0.15, -0.1) is 0 Å². The first-order valence-electron chi connectivity index (χ1n) is 9.77. The summed E-state index contributed by atoms with van der Waals surface area (Å²) in [6.07, 6.45) is 1.00. The molecule has 1 saturated heterocycles. The first-order chi connectivity index (χ1) is 15.3. The number of alkyl carbamates (subject to hydrolysis) is 1. The molecule has 0 atom stereocenters. The molecule has 3 aromatic rings. The first-order valence-corrected chi connectivity index (χ1v) is 11.7. The molecule has 1 aliphatic heterocycles. The van der Waals surface area contributed by atoms with Crippen LogP contribution in [0.3, 0.4) is 0 Å². The number of imidazole rings is 1. The minimum atomic E-state index is -9.73. The van der Waals surface area contributed by atoms with Crippen LogP contribution in [0.4, 0.5) is 24.2 Å². The van der Waals surface area contributed by atoms with Crippen LogP contribution in [0.1, 0.15) is 11.4 Å². The maximum absolute atomic E-state index is 12.9. The molecule has 1 aromatic heterocycles. The normalized spacial score (nSPS) is 17.4. The number of ether oxygens (including phenoxy) is 2. The van der Waals surface area contributed by atoms with Gasteiger partial charge in [0.25, 0.3) is 0 Å². The molecule has 2 N–H and O–H groups in total. The van der Waals surface area contributed by atoms with Gasteiger partial charge in [-0.2, -0.15) is 0 Å². The van der Waals surface area contributed by atoms with Crippen LogP contribution >= 0.6 is 10.2 Å². The molecule has 12 heteroatoms. The molecule has 33 heavy (non-hydrogen) atoms. The molecule has 0 unspecified atom stereocenters. The minimum Gasteiger partial charge on any atom is -0.445 e. The summed E-state index contributed by atoms with van der Waals surface area (Å²) in [5, 5.41) is 2.78. The van der Waals surface area contributed by atoms with Gasteiger partial charge in [-0.25, -0.2) is 9.78 Å². The fourth-order valence-corrected chi connectivity index (χ4v) is 4.00. The van der Waals surface area contributed by atoms with Gasteiger partial charge in [0.15, 0.2) is 0 Å². The van der Waals surface area contributed by atoms with Crippen molar-refractivity contribution in [2.45, 2.75) is 23.5 Å². The van der Waals surface area contributed by atoms with Gasteiger partial charge in [-0.3, -0.25) is 0 Å². The second kappa shape index (κ2) is 7.45. The first kappa shape index (κ1) is 23.1. The van der Waals surface area contributed by atoms with Gasteiger partial charge in [-0.1, -0.05) is 61.9 Å². The SMILES string of the molecule is O=C(NC1(Cc2ncc(-c3ccc(S(F)(F)(F)(F)F)cc3)[nH]2)COC1)OCc1ccccc1. The third-order valence-corrected chi connectivity index (χ3v) is 6.24. The van der Waals surface area contributed by atoms with Gasteiger partial charge in [-0.05, 0) is 23.3 Å². The third-order valence-electron chi connectivity index (χ3n) is 5.08. The molecule has 0 bridgehead atoms. The Morgan fingerprint density at radius 2 is 1.73 bits per heavy atom. The molecule has 2 heterocycles. The van der Waals surface area contributed by atoms with Crippen molar-refractivity contribution >= 4 is 16.3 Å². The molecule has 4 rings (SSSR count). The van der Waals surface area contributed by atoms with Gasteiger partial charge in [0.2, 0.25) is 0 Å². The molecular weight excluding hydrogens is 469 g/mol. The molecule has 1 aliphatic rings.